The first-order valence-electron chi connectivity index (χ1n) is 5.20. The van der Waals surface area contributed by atoms with Crippen LogP contribution in [0.4, 0.5) is 0 Å². The molecule has 0 saturated heterocycles. The van der Waals surface area contributed by atoms with E-state index in [1.807, 2.05) is 30.3 Å². The van der Waals surface area contributed by atoms with Gasteiger partial charge in [0.1, 0.15) is 5.69 Å². The van der Waals surface area contributed by atoms with Gasteiger partial charge in [0.05, 0.1) is 6.26 Å². The molecular formula is C14H11NO2. The van der Waals surface area contributed by atoms with Crippen molar-refractivity contribution in [2.75, 3.05) is 0 Å². The second-order valence-corrected chi connectivity index (χ2v) is 3.33. The SMILES string of the molecule is O=C(OC=Cc1ccccc1)c1ccccn1. The number of aromatic nitrogens is 1. The Kier molecular flexibility index (Phi) is 3.65. The molecule has 0 aliphatic carbocycles. The van der Waals surface area contributed by atoms with Crippen molar-refractivity contribution in [1.82, 2.24) is 4.98 Å². The molecule has 0 unspecified atom stereocenters. The third-order valence-electron chi connectivity index (χ3n) is 2.11. The zero-order chi connectivity index (χ0) is 11.9. The van der Waals surface area contributed by atoms with Crippen LogP contribution in [0.5, 0.6) is 0 Å². The number of benzene rings is 1. The first kappa shape index (κ1) is 11.1. The number of hydrogen-bond donors (Lipinski definition) is 0. The van der Waals surface area contributed by atoms with Crippen LogP contribution >= 0.6 is 0 Å². The van der Waals surface area contributed by atoms with Crippen molar-refractivity contribution in [3.05, 3.63) is 72.2 Å². The Morgan fingerprint density at radius 3 is 2.53 bits per heavy atom. The van der Waals surface area contributed by atoms with Crippen LogP contribution in [0.15, 0.2) is 61.0 Å². The van der Waals surface area contributed by atoms with Gasteiger partial charge < -0.3 is 4.74 Å². The molecule has 2 aromatic rings. The highest BCUT2D eigenvalue weighted by Gasteiger charge is 2.04. The lowest BCUT2D eigenvalue weighted by Crippen LogP contribution is -2.02. The second kappa shape index (κ2) is 5.61. The lowest BCUT2D eigenvalue weighted by molar-refractivity contribution is 0.0659. The summed E-state index contributed by atoms with van der Waals surface area (Å²) in [5, 5.41) is 0. The maximum atomic E-state index is 11.5. The molecule has 84 valence electrons. The van der Waals surface area contributed by atoms with Crippen LogP contribution in [0.1, 0.15) is 16.1 Å². The number of rotatable bonds is 3. The molecule has 17 heavy (non-hydrogen) atoms. The van der Waals surface area contributed by atoms with E-state index in [1.165, 1.54) is 6.26 Å². The van der Waals surface area contributed by atoms with Gasteiger partial charge in [0.2, 0.25) is 0 Å². The summed E-state index contributed by atoms with van der Waals surface area (Å²) in [6.45, 7) is 0. The van der Waals surface area contributed by atoms with Crippen LogP contribution in [0.2, 0.25) is 0 Å². The van der Waals surface area contributed by atoms with Crippen LogP contribution in [-0.4, -0.2) is 11.0 Å². The topological polar surface area (TPSA) is 39.2 Å². The first-order chi connectivity index (χ1) is 8.36. The fraction of sp³-hybridized carbons (Fsp3) is 0. The lowest BCUT2D eigenvalue weighted by atomic mass is 10.2. The van der Waals surface area contributed by atoms with E-state index < -0.39 is 5.97 Å². The molecule has 0 saturated carbocycles. The monoisotopic (exact) mass is 225 g/mol. The van der Waals surface area contributed by atoms with Crippen molar-refractivity contribution in [1.29, 1.82) is 0 Å². The molecule has 0 amide bonds. The molecule has 0 aliphatic heterocycles. The summed E-state index contributed by atoms with van der Waals surface area (Å²) in [7, 11) is 0. The molecule has 0 atom stereocenters. The van der Waals surface area contributed by atoms with E-state index in [9.17, 15) is 4.79 Å². The highest BCUT2D eigenvalue weighted by atomic mass is 16.5. The summed E-state index contributed by atoms with van der Waals surface area (Å²) in [5.74, 6) is -0.460. The molecule has 3 heteroatoms. The average molecular weight is 225 g/mol. The molecular weight excluding hydrogens is 214 g/mol. The van der Waals surface area contributed by atoms with E-state index in [0.717, 1.165) is 5.56 Å². The first-order valence-corrected chi connectivity index (χ1v) is 5.20. The van der Waals surface area contributed by atoms with Gasteiger partial charge in [-0.15, -0.1) is 0 Å². The highest BCUT2D eigenvalue weighted by Crippen LogP contribution is 2.02. The largest absolute Gasteiger partial charge is 0.430 e. The third-order valence-corrected chi connectivity index (χ3v) is 2.11. The fourth-order valence-electron chi connectivity index (χ4n) is 1.28. The molecule has 1 aromatic heterocycles. The number of ether oxygens (including phenoxy) is 1. The number of esters is 1. The number of pyridine rings is 1. The minimum atomic E-state index is -0.460. The van der Waals surface area contributed by atoms with Crippen molar-refractivity contribution >= 4 is 12.0 Å². The van der Waals surface area contributed by atoms with Gasteiger partial charge in [-0.05, 0) is 23.8 Å². The predicted molar refractivity (Wildman–Crippen MR) is 65.1 cm³/mol. The van der Waals surface area contributed by atoms with Crippen molar-refractivity contribution in [2.45, 2.75) is 0 Å². The van der Waals surface area contributed by atoms with Gasteiger partial charge in [-0.2, -0.15) is 0 Å². The van der Waals surface area contributed by atoms with Gasteiger partial charge in [-0.3, -0.25) is 0 Å². The Morgan fingerprint density at radius 2 is 1.82 bits per heavy atom. The van der Waals surface area contributed by atoms with Gasteiger partial charge in [-0.1, -0.05) is 36.4 Å². The predicted octanol–water partition coefficient (Wildman–Crippen LogP) is 2.91. The van der Waals surface area contributed by atoms with Crippen molar-refractivity contribution in [3.8, 4) is 0 Å². The summed E-state index contributed by atoms with van der Waals surface area (Å²) in [5.41, 5.74) is 1.27. The molecule has 0 N–H and O–H groups in total. The Labute approximate surface area is 99.4 Å². The molecule has 0 aliphatic rings. The van der Waals surface area contributed by atoms with E-state index in [2.05, 4.69) is 4.98 Å². The number of nitrogens with zero attached hydrogens (tertiary/aromatic N) is 1. The minimum absolute atomic E-state index is 0.296. The van der Waals surface area contributed by atoms with Crippen LogP contribution in [-0.2, 0) is 4.74 Å². The number of hydrogen-bond acceptors (Lipinski definition) is 3. The number of carbonyl (C=O) groups excluding carboxylic acids is 1. The average Bonchev–Trinajstić information content (AvgIpc) is 2.41. The van der Waals surface area contributed by atoms with Gasteiger partial charge in [0, 0.05) is 6.20 Å². The smallest absolute Gasteiger partial charge is 0.361 e. The van der Waals surface area contributed by atoms with E-state index in [-0.39, 0.29) is 0 Å². The second-order valence-electron chi connectivity index (χ2n) is 3.33. The Bertz CT molecular complexity index is 506. The summed E-state index contributed by atoms with van der Waals surface area (Å²) in [6, 6.07) is 14.7. The van der Waals surface area contributed by atoms with Crippen molar-refractivity contribution < 1.29 is 9.53 Å². The molecule has 1 heterocycles. The minimum Gasteiger partial charge on any atom is -0.430 e. The molecule has 3 nitrogen and oxygen atoms in total. The fourth-order valence-corrected chi connectivity index (χ4v) is 1.28. The van der Waals surface area contributed by atoms with Crippen LogP contribution in [0.25, 0.3) is 6.08 Å². The summed E-state index contributed by atoms with van der Waals surface area (Å²) in [6.07, 6.45) is 4.64. The van der Waals surface area contributed by atoms with Gasteiger partial charge in [0.25, 0.3) is 0 Å². The van der Waals surface area contributed by atoms with Crippen LogP contribution in [0.3, 0.4) is 0 Å². The number of carbonyl (C=O) groups is 1. The molecule has 0 fully saturated rings. The molecule has 0 spiro atoms. The third kappa shape index (κ3) is 3.28. The Hall–Kier alpha value is -2.42. The van der Waals surface area contributed by atoms with Gasteiger partial charge >= 0.3 is 5.97 Å². The Balaban J connectivity index is 1.95. The summed E-state index contributed by atoms with van der Waals surface area (Å²) in [4.78, 5) is 15.4. The van der Waals surface area contributed by atoms with Crippen LogP contribution < -0.4 is 0 Å². The van der Waals surface area contributed by atoms with E-state index >= 15 is 0 Å². The van der Waals surface area contributed by atoms with Crippen LogP contribution in [0, 0.1) is 0 Å². The van der Waals surface area contributed by atoms with Crippen molar-refractivity contribution in [2.24, 2.45) is 0 Å². The standard InChI is InChI=1S/C14H11NO2/c16-14(13-8-4-5-10-15-13)17-11-9-12-6-2-1-3-7-12/h1-11H. The lowest BCUT2D eigenvalue weighted by Gasteiger charge is -1.97. The molecule has 0 bridgehead atoms. The van der Waals surface area contributed by atoms with Gasteiger partial charge in [-0.25, -0.2) is 9.78 Å². The van der Waals surface area contributed by atoms with E-state index in [1.54, 1.807) is 30.5 Å². The molecule has 1 aromatic carbocycles. The quantitative estimate of drug-likeness (QED) is 0.595. The summed E-state index contributed by atoms with van der Waals surface area (Å²) < 4.78 is 4.95. The van der Waals surface area contributed by atoms with E-state index in [4.69, 9.17) is 4.74 Å². The van der Waals surface area contributed by atoms with Crippen molar-refractivity contribution in [3.63, 3.8) is 0 Å². The highest BCUT2D eigenvalue weighted by molar-refractivity contribution is 5.87. The normalized spacial score (nSPS) is 10.4. The van der Waals surface area contributed by atoms with Gasteiger partial charge in [0.15, 0.2) is 0 Å². The zero-order valence-electron chi connectivity index (χ0n) is 9.11. The Morgan fingerprint density at radius 1 is 1.06 bits per heavy atom. The molecule has 2 rings (SSSR count). The maximum Gasteiger partial charge on any atom is 0.361 e. The summed E-state index contributed by atoms with van der Waals surface area (Å²) >= 11 is 0. The van der Waals surface area contributed by atoms with E-state index in [0.29, 0.717) is 5.69 Å². The molecule has 0 radical (unpaired) electrons. The maximum absolute atomic E-state index is 11.5. The zero-order valence-corrected chi connectivity index (χ0v) is 9.11.